The van der Waals surface area contributed by atoms with E-state index >= 15 is 0 Å². The third-order valence-electron chi connectivity index (χ3n) is 5.32. The topological polar surface area (TPSA) is 71.4 Å². The van der Waals surface area contributed by atoms with Gasteiger partial charge in [0.05, 0.1) is 4.90 Å². The molecule has 2 aromatic rings. The first-order valence-corrected chi connectivity index (χ1v) is 11.3. The third-order valence-corrected chi connectivity index (χ3v) is 7.13. The van der Waals surface area contributed by atoms with E-state index in [1.807, 2.05) is 11.5 Å². The summed E-state index contributed by atoms with van der Waals surface area (Å²) in [6.45, 7) is 3.24. The van der Waals surface area contributed by atoms with E-state index in [-0.39, 0.29) is 10.8 Å². The molecule has 28 heavy (non-hydrogen) atoms. The van der Waals surface area contributed by atoms with Gasteiger partial charge in [0.15, 0.2) is 0 Å². The van der Waals surface area contributed by atoms with Gasteiger partial charge < -0.3 is 9.88 Å². The first-order chi connectivity index (χ1) is 13.3. The second kappa shape index (κ2) is 8.49. The fourth-order valence-corrected chi connectivity index (χ4v) is 4.65. The summed E-state index contributed by atoms with van der Waals surface area (Å²) in [5.41, 5.74) is 2.86. The fraction of sp³-hybridized carbons (Fsp3) is 0.476. The van der Waals surface area contributed by atoms with E-state index in [9.17, 15) is 13.2 Å². The number of nitrogens with zero attached hydrogens (tertiary/aromatic N) is 2. The molecule has 0 saturated heterocycles. The molecule has 0 saturated carbocycles. The molecule has 1 amide bonds. The predicted octanol–water partition coefficient (Wildman–Crippen LogP) is 3.53. The fourth-order valence-electron chi connectivity index (χ4n) is 3.71. The van der Waals surface area contributed by atoms with Crippen LogP contribution in [0, 0.1) is 0 Å². The van der Waals surface area contributed by atoms with Gasteiger partial charge in [-0.25, -0.2) is 12.7 Å². The van der Waals surface area contributed by atoms with Crippen molar-refractivity contribution in [1.82, 2.24) is 14.2 Å². The zero-order chi connectivity index (χ0) is 20.3. The van der Waals surface area contributed by atoms with Crippen molar-refractivity contribution in [2.75, 3.05) is 20.6 Å². The highest BCUT2D eigenvalue weighted by Crippen LogP contribution is 2.25. The number of hydrogen-bond acceptors (Lipinski definition) is 3. The number of rotatable bonds is 7. The van der Waals surface area contributed by atoms with Gasteiger partial charge in [0.2, 0.25) is 10.0 Å². The second-order valence-electron chi connectivity index (χ2n) is 7.40. The van der Waals surface area contributed by atoms with Gasteiger partial charge in [-0.3, -0.25) is 4.79 Å². The highest BCUT2D eigenvalue weighted by molar-refractivity contribution is 7.89. The second-order valence-corrected chi connectivity index (χ2v) is 9.55. The molecule has 1 N–H and O–H groups in total. The molecule has 0 aliphatic heterocycles. The van der Waals surface area contributed by atoms with Crippen molar-refractivity contribution < 1.29 is 13.2 Å². The first-order valence-electron chi connectivity index (χ1n) is 9.86. The van der Waals surface area contributed by atoms with E-state index in [1.54, 1.807) is 24.3 Å². The van der Waals surface area contributed by atoms with Crippen LogP contribution in [0.15, 0.2) is 40.8 Å². The van der Waals surface area contributed by atoms with E-state index < -0.39 is 10.0 Å². The van der Waals surface area contributed by atoms with Crippen molar-refractivity contribution >= 4 is 26.8 Å². The Morgan fingerprint density at radius 1 is 1.21 bits per heavy atom. The minimum absolute atomic E-state index is 0.119. The number of nitrogens with one attached hydrogen (secondary N) is 1. The molecule has 1 aromatic heterocycles. The van der Waals surface area contributed by atoms with Crippen LogP contribution in [-0.4, -0.2) is 43.8 Å². The van der Waals surface area contributed by atoms with Gasteiger partial charge in [0, 0.05) is 38.1 Å². The van der Waals surface area contributed by atoms with E-state index in [0.29, 0.717) is 18.8 Å². The van der Waals surface area contributed by atoms with Crippen LogP contribution in [0.1, 0.15) is 49.5 Å². The summed E-state index contributed by atoms with van der Waals surface area (Å²) in [7, 11) is -0.486. The highest BCUT2D eigenvalue weighted by atomic mass is 32.2. The largest absolute Gasteiger partial charge is 0.350 e. The normalized spacial score (nSPS) is 15.1. The SMILES string of the molecule is CCn1c(C(=O)NCCC2=CCCCC2)cc2cc(S(=O)(=O)N(C)C)ccc21. The number of aromatic nitrogens is 1. The van der Waals surface area contributed by atoms with Crippen LogP contribution in [0.4, 0.5) is 0 Å². The maximum Gasteiger partial charge on any atom is 0.267 e. The lowest BCUT2D eigenvalue weighted by atomic mass is 9.97. The number of sulfonamides is 1. The summed E-state index contributed by atoms with van der Waals surface area (Å²) in [5, 5.41) is 3.77. The Morgan fingerprint density at radius 2 is 2.00 bits per heavy atom. The van der Waals surface area contributed by atoms with Gasteiger partial charge in [0.25, 0.3) is 5.91 Å². The third kappa shape index (κ3) is 4.15. The summed E-state index contributed by atoms with van der Waals surface area (Å²) in [5.74, 6) is -0.119. The number of hydrogen-bond donors (Lipinski definition) is 1. The molecular formula is C21H29N3O3S. The molecule has 3 rings (SSSR count). The maximum atomic E-state index is 12.7. The molecular weight excluding hydrogens is 374 g/mol. The van der Waals surface area contributed by atoms with Crippen molar-refractivity contribution in [2.24, 2.45) is 0 Å². The smallest absolute Gasteiger partial charge is 0.267 e. The van der Waals surface area contributed by atoms with Crippen molar-refractivity contribution in [3.8, 4) is 0 Å². The summed E-state index contributed by atoms with van der Waals surface area (Å²) in [6, 6.07) is 6.79. The van der Waals surface area contributed by atoms with Crippen LogP contribution in [0.5, 0.6) is 0 Å². The number of carbonyl (C=O) groups is 1. The molecule has 152 valence electrons. The minimum Gasteiger partial charge on any atom is -0.350 e. The molecule has 0 unspecified atom stereocenters. The lowest BCUT2D eigenvalue weighted by Crippen LogP contribution is -2.27. The van der Waals surface area contributed by atoms with E-state index in [2.05, 4.69) is 11.4 Å². The molecule has 0 atom stereocenters. The van der Waals surface area contributed by atoms with Crippen LogP contribution in [0.25, 0.3) is 10.9 Å². The zero-order valence-electron chi connectivity index (χ0n) is 16.9. The Hall–Kier alpha value is -2.12. The molecule has 0 radical (unpaired) electrons. The Morgan fingerprint density at radius 3 is 2.64 bits per heavy atom. The van der Waals surface area contributed by atoms with Gasteiger partial charge in [-0.2, -0.15) is 0 Å². The van der Waals surface area contributed by atoms with E-state index in [4.69, 9.17) is 0 Å². The Kier molecular flexibility index (Phi) is 6.25. The minimum atomic E-state index is -3.51. The van der Waals surface area contributed by atoms with Gasteiger partial charge in [-0.15, -0.1) is 0 Å². The van der Waals surface area contributed by atoms with Gasteiger partial charge in [-0.1, -0.05) is 11.6 Å². The van der Waals surface area contributed by atoms with Crippen LogP contribution >= 0.6 is 0 Å². The van der Waals surface area contributed by atoms with Crippen LogP contribution in [-0.2, 0) is 16.6 Å². The molecule has 0 fully saturated rings. The number of carbonyl (C=O) groups excluding carboxylic acids is 1. The van der Waals surface area contributed by atoms with Crippen LogP contribution in [0.2, 0.25) is 0 Å². The molecule has 1 aromatic carbocycles. The summed E-state index contributed by atoms with van der Waals surface area (Å²) in [6.07, 6.45) is 7.97. The molecule has 0 bridgehead atoms. The Bertz CT molecular complexity index is 1000. The van der Waals surface area contributed by atoms with Gasteiger partial charge in [0.1, 0.15) is 5.69 Å². The highest BCUT2D eigenvalue weighted by Gasteiger charge is 2.20. The number of fused-ring (bicyclic) bond motifs is 1. The van der Waals surface area contributed by atoms with Crippen molar-refractivity contribution in [3.05, 3.63) is 41.6 Å². The standard InChI is InChI=1S/C21H29N3O3S/c1-4-24-19-11-10-18(28(26,27)23(2)3)14-17(19)15-20(24)21(25)22-13-12-16-8-6-5-7-9-16/h8,10-11,14-15H,4-7,9,12-13H2,1-3H3,(H,22,25). The number of allylic oxidation sites excluding steroid dienone is 1. The summed E-state index contributed by atoms with van der Waals surface area (Å²) in [4.78, 5) is 13.0. The summed E-state index contributed by atoms with van der Waals surface area (Å²) < 4.78 is 27.9. The average Bonchev–Trinajstić information content (AvgIpc) is 3.06. The molecule has 7 heteroatoms. The van der Waals surface area contributed by atoms with E-state index in [1.165, 1.54) is 36.8 Å². The Labute approximate surface area is 167 Å². The predicted molar refractivity (Wildman–Crippen MR) is 112 cm³/mol. The molecule has 0 spiro atoms. The van der Waals surface area contributed by atoms with Crippen molar-refractivity contribution in [1.29, 1.82) is 0 Å². The average molecular weight is 404 g/mol. The Balaban J connectivity index is 1.82. The number of amides is 1. The number of aryl methyl sites for hydroxylation is 1. The molecule has 1 aliphatic carbocycles. The van der Waals surface area contributed by atoms with Crippen molar-refractivity contribution in [2.45, 2.75) is 50.5 Å². The maximum absolute atomic E-state index is 12.7. The number of benzene rings is 1. The zero-order valence-corrected chi connectivity index (χ0v) is 17.7. The quantitative estimate of drug-likeness (QED) is 0.719. The molecule has 6 nitrogen and oxygen atoms in total. The molecule has 1 heterocycles. The lowest BCUT2D eigenvalue weighted by Gasteiger charge is -2.13. The van der Waals surface area contributed by atoms with Gasteiger partial charge in [-0.05, 0) is 63.3 Å². The monoisotopic (exact) mass is 403 g/mol. The van der Waals surface area contributed by atoms with Crippen LogP contribution < -0.4 is 5.32 Å². The first kappa shape index (κ1) is 20.6. The lowest BCUT2D eigenvalue weighted by molar-refractivity contribution is 0.0945. The van der Waals surface area contributed by atoms with Crippen molar-refractivity contribution in [3.63, 3.8) is 0 Å². The molecule has 1 aliphatic rings. The van der Waals surface area contributed by atoms with Gasteiger partial charge >= 0.3 is 0 Å². The summed E-state index contributed by atoms with van der Waals surface area (Å²) >= 11 is 0. The van der Waals surface area contributed by atoms with Crippen LogP contribution in [0.3, 0.4) is 0 Å². The van der Waals surface area contributed by atoms with E-state index in [0.717, 1.165) is 30.2 Å².